The summed E-state index contributed by atoms with van der Waals surface area (Å²) in [6, 6.07) is 17.0. The maximum absolute atomic E-state index is 5.59. The lowest BCUT2D eigenvalue weighted by atomic mass is 9.87. The lowest BCUT2D eigenvalue weighted by Crippen LogP contribution is -2.11. The highest BCUT2D eigenvalue weighted by Gasteiger charge is 2.12. The van der Waals surface area contributed by atoms with Gasteiger partial charge in [-0.05, 0) is 47.2 Å². The Morgan fingerprint density at radius 1 is 0.909 bits per heavy atom. The molecule has 2 aromatic carbocycles. The molecule has 22 heavy (non-hydrogen) atoms. The first-order valence-corrected chi connectivity index (χ1v) is 8.05. The van der Waals surface area contributed by atoms with E-state index < -0.39 is 0 Å². The van der Waals surface area contributed by atoms with E-state index in [9.17, 15) is 0 Å². The van der Waals surface area contributed by atoms with Gasteiger partial charge >= 0.3 is 0 Å². The molecule has 0 saturated carbocycles. The van der Waals surface area contributed by atoms with Crippen molar-refractivity contribution in [2.24, 2.45) is 0 Å². The van der Waals surface area contributed by atoms with Gasteiger partial charge in [0, 0.05) is 12.2 Å². The summed E-state index contributed by atoms with van der Waals surface area (Å²) in [6.07, 6.45) is 1.03. The monoisotopic (exact) mass is 297 g/mol. The molecule has 0 aliphatic carbocycles. The molecule has 0 fully saturated rings. The molecule has 0 atom stereocenters. The zero-order valence-corrected chi connectivity index (χ0v) is 14.1. The molecule has 0 saturated heterocycles. The summed E-state index contributed by atoms with van der Waals surface area (Å²) in [5.74, 6) is 0.932. The fourth-order valence-electron chi connectivity index (χ4n) is 2.22. The summed E-state index contributed by atoms with van der Waals surface area (Å²) >= 11 is 0. The Morgan fingerprint density at radius 3 is 2.09 bits per heavy atom. The smallest absolute Gasteiger partial charge is 0.119 e. The second-order valence-corrected chi connectivity index (χ2v) is 6.67. The highest BCUT2D eigenvalue weighted by atomic mass is 16.5. The molecule has 0 aliphatic heterocycles. The van der Waals surface area contributed by atoms with Crippen LogP contribution < -0.4 is 10.1 Å². The van der Waals surface area contributed by atoms with Crippen molar-refractivity contribution in [3.63, 3.8) is 0 Å². The summed E-state index contributed by atoms with van der Waals surface area (Å²) in [7, 11) is 0. The summed E-state index contributed by atoms with van der Waals surface area (Å²) in [6.45, 7) is 10.4. The second-order valence-electron chi connectivity index (χ2n) is 6.67. The number of rotatable bonds is 6. The third kappa shape index (κ3) is 4.80. The Morgan fingerprint density at radius 2 is 1.55 bits per heavy atom. The third-order valence-corrected chi connectivity index (χ3v) is 3.64. The van der Waals surface area contributed by atoms with Crippen LogP contribution in [0, 0.1) is 0 Å². The number of nitrogens with one attached hydrogen (secondary N) is 1. The first-order valence-electron chi connectivity index (χ1n) is 8.05. The van der Waals surface area contributed by atoms with Gasteiger partial charge in [0.2, 0.25) is 0 Å². The topological polar surface area (TPSA) is 21.3 Å². The molecule has 2 heteroatoms. The highest BCUT2D eigenvalue weighted by molar-refractivity contribution is 5.47. The molecule has 0 heterocycles. The van der Waals surface area contributed by atoms with Gasteiger partial charge in [-0.15, -0.1) is 0 Å². The molecular weight excluding hydrogens is 270 g/mol. The Bertz CT molecular complexity index is 564. The van der Waals surface area contributed by atoms with Gasteiger partial charge in [-0.1, -0.05) is 52.0 Å². The van der Waals surface area contributed by atoms with E-state index in [-0.39, 0.29) is 5.41 Å². The molecule has 0 unspecified atom stereocenters. The predicted molar refractivity (Wildman–Crippen MR) is 94.7 cm³/mol. The van der Waals surface area contributed by atoms with Gasteiger partial charge in [-0.2, -0.15) is 0 Å². The van der Waals surface area contributed by atoms with Gasteiger partial charge in [0.15, 0.2) is 0 Å². The fourth-order valence-corrected chi connectivity index (χ4v) is 2.22. The largest absolute Gasteiger partial charge is 0.494 e. The van der Waals surface area contributed by atoms with Crippen LogP contribution in [0.4, 0.5) is 5.69 Å². The van der Waals surface area contributed by atoms with Crippen LogP contribution in [0.1, 0.15) is 45.2 Å². The van der Waals surface area contributed by atoms with Crippen LogP contribution in [-0.2, 0) is 12.0 Å². The van der Waals surface area contributed by atoms with E-state index in [0.29, 0.717) is 0 Å². The SMILES string of the molecule is CCCOc1ccc(NCc2ccc(C(C)(C)C)cc2)cc1. The number of ether oxygens (including phenoxy) is 1. The van der Waals surface area contributed by atoms with E-state index in [2.05, 4.69) is 69.4 Å². The van der Waals surface area contributed by atoms with Crippen LogP contribution in [-0.4, -0.2) is 6.61 Å². The summed E-state index contributed by atoms with van der Waals surface area (Å²) < 4.78 is 5.59. The van der Waals surface area contributed by atoms with Crippen LogP contribution >= 0.6 is 0 Å². The Kier molecular flexibility index (Phi) is 5.48. The first kappa shape index (κ1) is 16.4. The standard InChI is InChI=1S/C20H27NO/c1-5-14-22-19-12-10-18(11-13-19)21-15-16-6-8-17(9-7-16)20(2,3)4/h6-13,21H,5,14-15H2,1-4H3. The average molecular weight is 297 g/mol. The van der Waals surface area contributed by atoms with Crippen molar-refractivity contribution in [1.29, 1.82) is 0 Å². The minimum absolute atomic E-state index is 0.209. The van der Waals surface area contributed by atoms with E-state index >= 15 is 0 Å². The third-order valence-electron chi connectivity index (χ3n) is 3.64. The van der Waals surface area contributed by atoms with Gasteiger partial charge < -0.3 is 10.1 Å². The zero-order valence-electron chi connectivity index (χ0n) is 14.1. The minimum Gasteiger partial charge on any atom is -0.494 e. The van der Waals surface area contributed by atoms with E-state index in [1.807, 2.05) is 12.1 Å². The average Bonchev–Trinajstić information content (AvgIpc) is 2.51. The minimum atomic E-state index is 0.209. The van der Waals surface area contributed by atoms with Crippen LogP contribution in [0.2, 0.25) is 0 Å². The van der Waals surface area contributed by atoms with E-state index in [4.69, 9.17) is 4.74 Å². The van der Waals surface area contributed by atoms with Crippen molar-refractivity contribution in [3.8, 4) is 5.75 Å². The molecule has 0 bridgehead atoms. The van der Waals surface area contributed by atoms with E-state index in [1.54, 1.807) is 0 Å². The lowest BCUT2D eigenvalue weighted by molar-refractivity contribution is 0.317. The number of hydrogen-bond donors (Lipinski definition) is 1. The maximum Gasteiger partial charge on any atom is 0.119 e. The van der Waals surface area contributed by atoms with Gasteiger partial charge in [0.25, 0.3) is 0 Å². The summed E-state index contributed by atoms with van der Waals surface area (Å²) in [5.41, 5.74) is 3.98. The summed E-state index contributed by atoms with van der Waals surface area (Å²) in [5, 5.41) is 3.45. The maximum atomic E-state index is 5.59. The molecular formula is C20H27NO. The van der Waals surface area contributed by atoms with Crippen LogP contribution in [0.3, 0.4) is 0 Å². The second kappa shape index (κ2) is 7.35. The Hall–Kier alpha value is -1.96. The molecule has 0 spiro atoms. The van der Waals surface area contributed by atoms with Gasteiger partial charge in [0.05, 0.1) is 6.61 Å². The van der Waals surface area contributed by atoms with Crippen LogP contribution in [0.15, 0.2) is 48.5 Å². The Balaban J connectivity index is 1.90. The number of hydrogen-bond acceptors (Lipinski definition) is 2. The van der Waals surface area contributed by atoms with E-state index in [1.165, 1.54) is 11.1 Å². The lowest BCUT2D eigenvalue weighted by Gasteiger charge is -2.19. The number of anilines is 1. The molecule has 2 aromatic rings. The summed E-state index contributed by atoms with van der Waals surface area (Å²) in [4.78, 5) is 0. The van der Waals surface area contributed by atoms with Crippen molar-refractivity contribution in [3.05, 3.63) is 59.7 Å². The van der Waals surface area contributed by atoms with Gasteiger partial charge in [-0.3, -0.25) is 0 Å². The molecule has 2 nitrogen and oxygen atoms in total. The zero-order chi connectivity index (χ0) is 16.0. The molecule has 0 amide bonds. The number of benzene rings is 2. The molecule has 118 valence electrons. The molecule has 1 N–H and O–H groups in total. The first-order chi connectivity index (χ1) is 10.5. The van der Waals surface area contributed by atoms with Crippen molar-refractivity contribution in [1.82, 2.24) is 0 Å². The molecule has 0 radical (unpaired) electrons. The van der Waals surface area contributed by atoms with Crippen molar-refractivity contribution in [2.75, 3.05) is 11.9 Å². The van der Waals surface area contributed by atoms with Gasteiger partial charge in [-0.25, -0.2) is 0 Å². The molecule has 0 aromatic heterocycles. The van der Waals surface area contributed by atoms with Crippen LogP contribution in [0.5, 0.6) is 5.75 Å². The fraction of sp³-hybridized carbons (Fsp3) is 0.400. The van der Waals surface area contributed by atoms with Crippen molar-refractivity contribution in [2.45, 2.75) is 46.1 Å². The van der Waals surface area contributed by atoms with E-state index in [0.717, 1.165) is 31.0 Å². The predicted octanol–water partition coefficient (Wildman–Crippen LogP) is 5.39. The van der Waals surface area contributed by atoms with Gasteiger partial charge in [0.1, 0.15) is 5.75 Å². The quantitative estimate of drug-likeness (QED) is 0.772. The molecule has 2 rings (SSSR count). The normalized spacial score (nSPS) is 11.3. The van der Waals surface area contributed by atoms with Crippen molar-refractivity contribution < 1.29 is 4.74 Å². The molecule has 0 aliphatic rings. The van der Waals surface area contributed by atoms with Crippen LogP contribution in [0.25, 0.3) is 0 Å². The van der Waals surface area contributed by atoms with Crippen molar-refractivity contribution >= 4 is 5.69 Å². The Labute approximate surface area is 134 Å². The highest BCUT2D eigenvalue weighted by Crippen LogP contribution is 2.22.